The first kappa shape index (κ1) is 32.9. The third kappa shape index (κ3) is 9.47. The monoisotopic (exact) mass is 618 g/mol. The third-order valence-corrected chi connectivity index (χ3v) is 8.20. The standard InChI is InChI=1S/C34H42N4O5S/c1-22(2)17-29(32(40)36-27(21-44)18-26-15-16-35-31(26)39)37-33(41)30(38-34(42)43-20-23-9-4-3-5-10-23)19-25-13-8-12-24-11-6-7-14-28(24)25/h3-14,22,26-27,29-30,44H,15-21H2,1-2H3,(H,35,39)(H,36,40)(H,37,41)(H,38,42)/t26-,27-,29-,30-/m0/s1. The summed E-state index contributed by atoms with van der Waals surface area (Å²) in [4.78, 5) is 52.4. The van der Waals surface area contributed by atoms with Crippen LogP contribution in [0.4, 0.5) is 4.79 Å². The quantitative estimate of drug-likeness (QED) is 0.174. The molecule has 0 aliphatic carbocycles. The van der Waals surface area contributed by atoms with Crippen molar-refractivity contribution in [3.63, 3.8) is 0 Å². The van der Waals surface area contributed by atoms with Gasteiger partial charge in [0.1, 0.15) is 18.7 Å². The van der Waals surface area contributed by atoms with Gasteiger partial charge in [0.2, 0.25) is 17.7 Å². The summed E-state index contributed by atoms with van der Waals surface area (Å²) in [5, 5.41) is 13.4. The van der Waals surface area contributed by atoms with Crippen LogP contribution >= 0.6 is 12.6 Å². The minimum Gasteiger partial charge on any atom is -0.445 e. The molecule has 1 aliphatic heterocycles. The molecular formula is C34H42N4O5S. The van der Waals surface area contributed by atoms with E-state index in [1.807, 2.05) is 86.6 Å². The summed E-state index contributed by atoms with van der Waals surface area (Å²) >= 11 is 4.41. The van der Waals surface area contributed by atoms with Gasteiger partial charge in [-0.2, -0.15) is 12.6 Å². The lowest BCUT2D eigenvalue weighted by atomic mass is 9.97. The van der Waals surface area contributed by atoms with Gasteiger partial charge in [-0.1, -0.05) is 86.6 Å². The number of rotatable bonds is 14. The fourth-order valence-corrected chi connectivity index (χ4v) is 5.72. The summed E-state index contributed by atoms with van der Waals surface area (Å²) < 4.78 is 5.44. The molecule has 10 heteroatoms. The molecule has 1 fully saturated rings. The summed E-state index contributed by atoms with van der Waals surface area (Å²) in [7, 11) is 0. The van der Waals surface area contributed by atoms with Crippen molar-refractivity contribution in [1.82, 2.24) is 21.3 Å². The first-order valence-corrected chi connectivity index (χ1v) is 15.8. The summed E-state index contributed by atoms with van der Waals surface area (Å²) in [5.41, 5.74) is 1.70. The van der Waals surface area contributed by atoms with Crippen molar-refractivity contribution in [2.45, 2.75) is 64.3 Å². The van der Waals surface area contributed by atoms with E-state index in [1.165, 1.54) is 0 Å². The highest BCUT2D eigenvalue weighted by atomic mass is 32.1. The molecule has 0 bridgehead atoms. The van der Waals surface area contributed by atoms with Gasteiger partial charge in [0.25, 0.3) is 0 Å². The molecule has 4 N–H and O–H groups in total. The summed E-state index contributed by atoms with van der Waals surface area (Å²) in [5.74, 6) is -0.577. The molecule has 0 spiro atoms. The lowest BCUT2D eigenvalue weighted by molar-refractivity contribution is -0.130. The second-order valence-electron chi connectivity index (χ2n) is 11.7. The van der Waals surface area contributed by atoms with E-state index in [1.54, 1.807) is 0 Å². The number of thiol groups is 1. The van der Waals surface area contributed by atoms with Crippen molar-refractivity contribution in [3.8, 4) is 0 Å². The van der Waals surface area contributed by atoms with Gasteiger partial charge in [-0.15, -0.1) is 0 Å². The molecule has 0 aromatic heterocycles. The third-order valence-electron chi connectivity index (χ3n) is 7.76. The second kappa shape index (κ2) is 16.1. The van der Waals surface area contributed by atoms with Crippen LogP contribution in [0, 0.1) is 11.8 Å². The highest BCUT2D eigenvalue weighted by Crippen LogP contribution is 2.21. The van der Waals surface area contributed by atoms with E-state index >= 15 is 0 Å². The van der Waals surface area contributed by atoms with Crippen LogP contribution in [-0.2, 0) is 32.1 Å². The predicted molar refractivity (Wildman–Crippen MR) is 174 cm³/mol. The SMILES string of the molecule is CC(C)C[C@H](NC(=O)[C@H](Cc1cccc2ccccc12)NC(=O)OCc1ccccc1)C(=O)N[C@H](CS)C[C@@H]1CCNC1=O. The van der Waals surface area contributed by atoms with Gasteiger partial charge < -0.3 is 26.0 Å². The number of amides is 4. The van der Waals surface area contributed by atoms with Crippen LogP contribution in [0.2, 0.25) is 0 Å². The fraction of sp³-hybridized carbons (Fsp3) is 0.412. The Balaban J connectivity index is 1.50. The predicted octanol–water partition coefficient (Wildman–Crippen LogP) is 4.15. The lowest BCUT2D eigenvalue weighted by Gasteiger charge is -2.27. The summed E-state index contributed by atoms with van der Waals surface area (Å²) in [6.45, 7) is 4.62. The molecule has 44 heavy (non-hydrogen) atoms. The smallest absolute Gasteiger partial charge is 0.408 e. The van der Waals surface area contributed by atoms with Crippen LogP contribution in [0.15, 0.2) is 72.8 Å². The molecule has 1 saturated heterocycles. The normalized spacial score (nSPS) is 16.5. The molecule has 234 valence electrons. The van der Waals surface area contributed by atoms with E-state index in [0.29, 0.717) is 31.6 Å². The minimum atomic E-state index is -1.01. The molecule has 4 atom stereocenters. The molecular weight excluding hydrogens is 576 g/mol. The molecule has 3 aromatic rings. The van der Waals surface area contributed by atoms with E-state index in [9.17, 15) is 19.2 Å². The van der Waals surface area contributed by atoms with Crippen LogP contribution in [0.25, 0.3) is 10.8 Å². The van der Waals surface area contributed by atoms with Gasteiger partial charge in [-0.25, -0.2) is 4.79 Å². The van der Waals surface area contributed by atoms with E-state index < -0.39 is 24.1 Å². The average Bonchev–Trinajstić information content (AvgIpc) is 3.43. The average molecular weight is 619 g/mol. The van der Waals surface area contributed by atoms with Crippen LogP contribution < -0.4 is 21.3 Å². The highest BCUT2D eigenvalue weighted by Gasteiger charge is 2.31. The Kier molecular flexibility index (Phi) is 12.1. The number of alkyl carbamates (subject to hydrolysis) is 1. The maximum absolute atomic E-state index is 13.8. The van der Waals surface area contributed by atoms with Crippen molar-refractivity contribution < 1.29 is 23.9 Å². The zero-order valence-electron chi connectivity index (χ0n) is 25.3. The number of carbonyl (C=O) groups is 4. The molecule has 4 rings (SSSR count). The van der Waals surface area contributed by atoms with Gasteiger partial charge in [0.05, 0.1) is 0 Å². The van der Waals surface area contributed by atoms with Gasteiger partial charge in [0, 0.05) is 30.7 Å². The van der Waals surface area contributed by atoms with Crippen molar-refractivity contribution in [3.05, 3.63) is 83.9 Å². The number of nitrogens with one attached hydrogen (secondary N) is 4. The first-order chi connectivity index (χ1) is 21.2. The van der Waals surface area contributed by atoms with Crippen molar-refractivity contribution in [2.75, 3.05) is 12.3 Å². The van der Waals surface area contributed by atoms with Gasteiger partial charge >= 0.3 is 6.09 Å². The maximum atomic E-state index is 13.8. The molecule has 4 amide bonds. The zero-order chi connectivity index (χ0) is 31.5. The molecule has 0 unspecified atom stereocenters. The molecule has 1 heterocycles. The number of hydrogen-bond donors (Lipinski definition) is 5. The largest absolute Gasteiger partial charge is 0.445 e. The maximum Gasteiger partial charge on any atom is 0.408 e. The molecule has 0 saturated carbocycles. The fourth-order valence-electron chi connectivity index (χ4n) is 5.48. The molecule has 3 aromatic carbocycles. The Morgan fingerprint density at radius 3 is 2.32 bits per heavy atom. The summed E-state index contributed by atoms with van der Waals surface area (Å²) in [6, 6.07) is 20.8. The molecule has 1 aliphatic rings. The Labute approximate surface area is 264 Å². The topological polar surface area (TPSA) is 126 Å². The van der Waals surface area contributed by atoms with E-state index in [2.05, 4.69) is 33.9 Å². The number of fused-ring (bicyclic) bond motifs is 1. The van der Waals surface area contributed by atoms with Crippen molar-refractivity contribution in [1.29, 1.82) is 0 Å². The van der Waals surface area contributed by atoms with Crippen LogP contribution in [-0.4, -0.2) is 54.2 Å². The van der Waals surface area contributed by atoms with E-state index in [-0.39, 0.29) is 42.7 Å². The minimum absolute atomic E-state index is 0.0143. The van der Waals surface area contributed by atoms with E-state index in [4.69, 9.17) is 4.74 Å². The first-order valence-electron chi connectivity index (χ1n) is 15.2. The Morgan fingerprint density at radius 2 is 1.61 bits per heavy atom. The molecule has 0 radical (unpaired) electrons. The Morgan fingerprint density at radius 1 is 0.909 bits per heavy atom. The van der Waals surface area contributed by atoms with Crippen LogP contribution in [0.5, 0.6) is 0 Å². The number of benzene rings is 3. The van der Waals surface area contributed by atoms with Crippen LogP contribution in [0.3, 0.4) is 0 Å². The van der Waals surface area contributed by atoms with E-state index in [0.717, 1.165) is 21.9 Å². The Bertz CT molecular complexity index is 1430. The Hall–Kier alpha value is -4.05. The van der Waals surface area contributed by atoms with Gasteiger partial charge in [-0.05, 0) is 47.1 Å². The number of carbonyl (C=O) groups excluding carboxylic acids is 4. The highest BCUT2D eigenvalue weighted by molar-refractivity contribution is 7.80. The van der Waals surface area contributed by atoms with Crippen molar-refractivity contribution >= 4 is 47.2 Å². The number of ether oxygens (including phenoxy) is 1. The zero-order valence-corrected chi connectivity index (χ0v) is 26.1. The lowest BCUT2D eigenvalue weighted by Crippen LogP contribution is -2.56. The second-order valence-corrected chi connectivity index (χ2v) is 12.1. The number of hydrogen-bond acceptors (Lipinski definition) is 6. The van der Waals surface area contributed by atoms with Gasteiger partial charge in [0.15, 0.2) is 0 Å². The van der Waals surface area contributed by atoms with Crippen molar-refractivity contribution in [2.24, 2.45) is 11.8 Å². The van der Waals surface area contributed by atoms with Gasteiger partial charge in [-0.3, -0.25) is 14.4 Å². The van der Waals surface area contributed by atoms with Crippen LogP contribution in [0.1, 0.15) is 44.2 Å². The summed E-state index contributed by atoms with van der Waals surface area (Å²) in [6.07, 6.45) is 1.04. The molecule has 9 nitrogen and oxygen atoms in total.